The average molecular weight is 372 g/mol. The van der Waals surface area contributed by atoms with Gasteiger partial charge in [0.15, 0.2) is 0 Å². The van der Waals surface area contributed by atoms with Crippen molar-refractivity contribution in [1.29, 1.82) is 0 Å². The van der Waals surface area contributed by atoms with Gasteiger partial charge in [0.2, 0.25) is 0 Å². The van der Waals surface area contributed by atoms with Gasteiger partial charge in [-0.2, -0.15) is 0 Å². The fraction of sp³-hybridized carbons (Fsp3) is 0.238. The van der Waals surface area contributed by atoms with Crippen LogP contribution in [0.4, 0.5) is 0 Å². The Kier molecular flexibility index (Phi) is 5.61. The largest absolute Gasteiger partial charge is 0.395 e. The van der Waals surface area contributed by atoms with Crippen molar-refractivity contribution in [1.82, 2.24) is 5.32 Å². The molecule has 0 aliphatic carbocycles. The van der Waals surface area contributed by atoms with Crippen molar-refractivity contribution in [3.63, 3.8) is 0 Å². The Bertz CT molecular complexity index is 1000. The molecule has 4 nitrogen and oxygen atoms in total. The number of benzene rings is 4. The van der Waals surface area contributed by atoms with Gasteiger partial charge >= 0.3 is 0 Å². The molecule has 0 bridgehead atoms. The molecule has 4 aromatic rings. The van der Waals surface area contributed by atoms with Crippen molar-refractivity contribution in [2.45, 2.75) is 18.7 Å². The van der Waals surface area contributed by atoms with E-state index in [9.17, 15) is 10.2 Å². The first-order valence-corrected chi connectivity index (χ1v) is 8.51. The van der Waals surface area contributed by atoms with E-state index in [2.05, 4.69) is 59.9 Å². The highest BCUT2D eigenvalue weighted by atomic mass is 35.5. The Balaban J connectivity index is 0.00000196. The zero-order valence-corrected chi connectivity index (χ0v) is 15.0. The Morgan fingerprint density at radius 1 is 0.769 bits per heavy atom. The minimum atomic E-state index is -0.982. The number of hydrogen-bond acceptors (Lipinski definition) is 4. The number of hydrogen-bond donors (Lipinski definition) is 4. The highest BCUT2D eigenvalue weighted by Gasteiger charge is 2.17. The monoisotopic (exact) mass is 371 g/mol. The molecule has 0 aromatic heterocycles. The summed E-state index contributed by atoms with van der Waals surface area (Å²) < 4.78 is 0. The molecule has 4 rings (SSSR count). The van der Waals surface area contributed by atoms with Crippen molar-refractivity contribution in [3.8, 4) is 0 Å². The third-order valence-electron chi connectivity index (χ3n) is 5.02. The number of aliphatic hydroxyl groups excluding tert-OH is 3. The van der Waals surface area contributed by atoms with Crippen LogP contribution in [0.25, 0.3) is 32.3 Å². The normalized spacial score (nSPS) is 14.0. The zero-order chi connectivity index (χ0) is 17.4. The minimum Gasteiger partial charge on any atom is -0.395 e. The van der Waals surface area contributed by atoms with Crippen molar-refractivity contribution in [2.24, 2.45) is 0 Å². The summed E-state index contributed by atoms with van der Waals surface area (Å²) in [5.74, 6) is 0. The molecule has 4 aromatic carbocycles. The van der Waals surface area contributed by atoms with Gasteiger partial charge in [0.25, 0.3) is 0 Å². The summed E-state index contributed by atoms with van der Waals surface area (Å²) in [6.45, 7) is -0.0965. The first-order chi connectivity index (χ1) is 12.2. The molecule has 136 valence electrons. The smallest absolute Gasteiger partial charge is 0.0945 e. The fourth-order valence-electron chi connectivity index (χ4n) is 3.64. The van der Waals surface area contributed by atoms with Crippen LogP contribution in [-0.4, -0.2) is 40.7 Å². The molecule has 2 unspecified atom stereocenters. The second kappa shape index (κ2) is 7.74. The highest BCUT2D eigenvalue weighted by molar-refractivity contribution is 6.23. The number of aliphatic hydroxyl groups is 3. The van der Waals surface area contributed by atoms with Gasteiger partial charge in [-0.15, -0.1) is 12.4 Å². The Labute approximate surface area is 157 Å². The van der Waals surface area contributed by atoms with Gasteiger partial charge in [0.05, 0.1) is 25.4 Å². The van der Waals surface area contributed by atoms with Gasteiger partial charge in [-0.25, -0.2) is 0 Å². The van der Waals surface area contributed by atoms with Crippen LogP contribution in [0.3, 0.4) is 0 Å². The average Bonchev–Trinajstić information content (AvgIpc) is 2.67. The summed E-state index contributed by atoms with van der Waals surface area (Å²) in [5.41, 5.74) is 1.11. The predicted molar refractivity (Wildman–Crippen MR) is 108 cm³/mol. The van der Waals surface area contributed by atoms with E-state index < -0.39 is 12.1 Å². The molecule has 4 N–H and O–H groups in total. The maximum absolute atomic E-state index is 9.76. The van der Waals surface area contributed by atoms with Crippen molar-refractivity contribution < 1.29 is 15.3 Å². The molecule has 0 spiro atoms. The molecule has 0 aliphatic heterocycles. The summed E-state index contributed by atoms with van der Waals surface area (Å²) in [7, 11) is 0. The Morgan fingerprint density at radius 2 is 1.38 bits per heavy atom. The van der Waals surface area contributed by atoms with Gasteiger partial charge in [-0.05, 0) is 37.9 Å². The minimum absolute atomic E-state index is 0. The van der Waals surface area contributed by atoms with Crippen LogP contribution in [0.2, 0.25) is 0 Å². The predicted octanol–water partition coefficient (Wildman–Crippen LogP) is 2.81. The third kappa shape index (κ3) is 3.11. The van der Waals surface area contributed by atoms with Crippen molar-refractivity contribution in [3.05, 3.63) is 60.2 Å². The van der Waals surface area contributed by atoms with Crippen molar-refractivity contribution >= 4 is 44.7 Å². The van der Waals surface area contributed by atoms with Crippen LogP contribution in [0, 0.1) is 0 Å². The van der Waals surface area contributed by atoms with E-state index in [0.717, 1.165) is 5.56 Å². The molecule has 0 fully saturated rings. The summed E-state index contributed by atoms with van der Waals surface area (Å²) in [6.07, 6.45) is -0.982. The van der Waals surface area contributed by atoms with Gasteiger partial charge in [0.1, 0.15) is 0 Å². The molecule has 0 radical (unpaired) electrons. The molecule has 26 heavy (non-hydrogen) atoms. The van der Waals surface area contributed by atoms with Gasteiger partial charge in [0, 0.05) is 6.54 Å². The maximum atomic E-state index is 9.76. The zero-order valence-electron chi connectivity index (χ0n) is 14.2. The molecule has 0 aliphatic rings. The van der Waals surface area contributed by atoms with Crippen molar-refractivity contribution in [2.75, 3.05) is 13.2 Å². The van der Waals surface area contributed by atoms with E-state index in [1.54, 1.807) is 0 Å². The van der Waals surface area contributed by atoms with Crippen LogP contribution in [0.5, 0.6) is 0 Å². The standard InChI is InChI=1S/C21H21NO3.ClH/c23-11-18(19(25)12-24)22-10-16-7-6-15-5-4-13-2-1-3-14-8-9-17(16)21(15)20(13)14;/h1-9,18-19,22-25H,10-12H2;1H. The van der Waals surface area contributed by atoms with Crippen LogP contribution in [0.1, 0.15) is 5.56 Å². The lowest BCUT2D eigenvalue weighted by Crippen LogP contribution is -2.44. The molecule has 0 heterocycles. The summed E-state index contributed by atoms with van der Waals surface area (Å²) in [6, 6.07) is 18.6. The van der Waals surface area contributed by atoms with Gasteiger partial charge < -0.3 is 20.6 Å². The van der Waals surface area contributed by atoms with Crippen LogP contribution >= 0.6 is 12.4 Å². The first-order valence-electron chi connectivity index (χ1n) is 8.51. The van der Waals surface area contributed by atoms with Crippen LogP contribution < -0.4 is 5.32 Å². The van der Waals surface area contributed by atoms with E-state index in [4.69, 9.17) is 5.11 Å². The quantitative estimate of drug-likeness (QED) is 0.393. The van der Waals surface area contributed by atoms with E-state index >= 15 is 0 Å². The summed E-state index contributed by atoms with van der Waals surface area (Å²) in [5, 5.41) is 38.8. The maximum Gasteiger partial charge on any atom is 0.0945 e. The second-order valence-electron chi connectivity index (χ2n) is 6.50. The molecule has 5 heteroatoms. The molecule has 0 saturated heterocycles. The lowest BCUT2D eigenvalue weighted by atomic mass is 9.92. The Morgan fingerprint density at radius 3 is 2.04 bits per heavy atom. The first kappa shape index (κ1) is 18.8. The van der Waals surface area contributed by atoms with E-state index in [1.165, 1.54) is 32.3 Å². The van der Waals surface area contributed by atoms with Crippen LogP contribution in [-0.2, 0) is 6.54 Å². The molecular weight excluding hydrogens is 350 g/mol. The molecular formula is C21H22ClNO3. The lowest BCUT2D eigenvalue weighted by Gasteiger charge is -2.21. The molecule has 2 atom stereocenters. The van der Waals surface area contributed by atoms with Gasteiger partial charge in [-0.3, -0.25) is 0 Å². The second-order valence-corrected chi connectivity index (χ2v) is 6.50. The fourth-order valence-corrected chi connectivity index (χ4v) is 3.64. The Hall–Kier alpha value is -1.95. The topological polar surface area (TPSA) is 72.7 Å². The third-order valence-corrected chi connectivity index (χ3v) is 5.02. The lowest BCUT2D eigenvalue weighted by molar-refractivity contribution is 0.0411. The van der Waals surface area contributed by atoms with Crippen LogP contribution in [0.15, 0.2) is 54.6 Å². The summed E-state index contributed by atoms with van der Waals surface area (Å²) >= 11 is 0. The number of rotatable bonds is 6. The van der Waals surface area contributed by atoms with E-state index in [1.807, 2.05) is 0 Å². The van der Waals surface area contributed by atoms with E-state index in [-0.39, 0.29) is 25.6 Å². The number of halogens is 1. The van der Waals surface area contributed by atoms with E-state index in [0.29, 0.717) is 6.54 Å². The number of nitrogens with one attached hydrogen (secondary N) is 1. The SMILES string of the molecule is Cl.OCC(O)C(CO)NCc1ccc2ccc3cccc4ccc1c2c34. The summed E-state index contributed by atoms with van der Waals surface area (Å²) in [4.78, 5) is 0. The molecule has 0 saturated carbocycles. The van der Waals surface area contributed by atoms with Gasteiger partial charge in [-0.1, -0.05) is 54.6 Å². The molecule has 0 amide bonds. The highest BCUT2D eigenvalue weighted by Crippen LogP contribution is 2.35.